The molecule has 0 aliphatic rings. The molecule has 0 spiro atoms. The zero-order chi connectivity index (χ0) is 19.9. The summed E-state index contributed by atoms with van der Waals surface area (Å²) in [4.78, 5) is 23.2. The third-order valence-corrected chi connectivity index (χ3v) is 3.81. The number of nitrogens with one attached hydrogen (secondary N) is 1. The second-order valence-corrected chi connectivity index (χ2v) is 5.77. The van der Waals surface area contributed by atoms with Crippen LogP contribution in [0.15, 0.2) is 65.1 Å². The first-order valence-electron chi connectivity index (χ1n) is 8.65. The van der Waals surface area contributed by atoms with Gasteiger partial charge in [0, 0.05) is 5.56 Å². The highest BCUT2D eigenvalue weighted by molar-refractivity contribution is 6.05. The van der Waals surface area contributed by atoms with Crippen LogP contribution in [0.25, 0.3) is 0 Å². The first-order valence-corrected chi connectivity index (χ1v) is 8.65. The molecule has 0 atom stereocenters. The second kappa shape index (κ2) is 8.77. The highest BCUT2D eigenvalue weighted by Gasteiger charge is 2.11. The van der Waals surface area contributed by atoms with Gasteiger partial charge in [-0.15, -0.1) is 0 Å². The number of anilines is 1. The molecule has 0 radical (unpaired) electrons. The van der Waals surface area contributed by atoms with Crippen molar-refractivity contribution in [2.24, 2.45) is 0 Å². The normalized spacial score (nSPS) is 10.3. The summed E-state index contributed by atoms with van der Waals surface area (Å²) in [5.41, 5.74) is 1.06. The highest BCUT2D eigenvalue weighted by atomic mass is 16.5. The van der Waals surface area contributed by atoms with Crippen molar-refractivity contribution in [2.75, 3.05) is 11.9 Å². The molecule has 144 valence electrons. The predicted octanol–water partition coefficient (Wildman–Crippen LogP) is 4.21. The van der Waals surface area contributed by atoms with Crippen LogP contribution in [0.3, 0.4) is 0 Å². The summed E-state index contributed by atoms with van der Waals surface area (Å²) in [6, 6.07) is 16.7. The van der Waals surface area contributed by atoms with E-state index in [2.05, 4.69) is 5.32 Å². The maximum absolute atomic E-state index is 12.4. The average Bonchev–Trinajstić information content (AvgIpc) is 3.18. The van der Waals surface area contributed by atoms with Crippen LogP contribution in [0.1, 0.15) is 33.6 Å². The van der Waals surface area contributed by atoms with E-state index in [4.69, 9.17) is 19.0 Å². The molecule has 0 saturated carbocycles. The molecule has 0 fully saturated rings. The number of furan rings is 1. The quantitative estimate of drug-likeness (QED) is 0.607. The fourth-order valence-electron chi connectivity index (χ4n) is 2.47. The van der Waals surface area contributed by atoms with Gasteiger partial charge in [-0.05, 0) is 55.5 Å². The smallest absolute Gasteiger partial charge is 0.371 e. The molecule has 1 amide bonds. The van der Waals surface area contributed by atoms with Gasteiger partial charge < -0.3 is 24.3 Å². The fraction of sp³-hybridized carbons (Fsp3) is 0.143. The van der Waals surface area contributed by atoms with Crippen molar-refractivity contribution < 1.29 is 28.6 Å². The number of para-hydroxylation sites is 2. The maximum Gasteiger partial charge on any atom is 0.371 e. The second-order valence-electron chi connectivity index (χ2n) is 5.77. The number of carboxylic acids is 1. The van der Waals surface area contributed by atoms with Crippen LogP contribution in [0.2, 0.25) is 0 Å². The number of carbonyl (C=O) groups excluding carboxylic acids is 1. The van der Waals surface area contributed by atoms with Crippen LogP contribution in [-0.2, 0) is 6.61 Å². The average molecular weight is 381 g/mol. The van der Waals surface area contributed by atoms with Crippen molar-refractivity contribution in [1.82, 2.24) is 0 Å². The summed E-state index contributed by atoms with van der Waals surface area (Å²) in [7, 11) is 0. The first kappa shape index (κ1) is 19.0. The van der Waals surface area contributed by atoms with Crippen LogP contribution < -0.4 is 14.8 Å². The molecule has 0 saturated heterocycles. The number of aromatic carboxylic acids is 1. The molecule has 7 nitrogen and oxygen atoms in total. The third kappa shape index (κ3) is 4.70. The number of hydrogen-bond donors (Lipinski definition) is 2. The lowest BCUT2D eigenvalue weighted by Gasteiger charge is -2.11. The number of carboxylic acid groups (broad SMARTS) is 1. The molecular weight excluding hydrogens is 362 g/mol. The summed E-state index contributed by atoms with van der Waals surface area (Å²) < 4.78 is 16.2. The number of benzene rings is 2. The summed E-state index contributed by atoms with van der Waals surface area (Å²) >= 11 is 0. The Morgan fingerprint density at radius 2 is 1.75 bits per heavy atom. The van der Waals surface area contributed by atoms with Gasteiger partial charge in [0.25, 0.3) is 5.91 Å². The van der Waals surface area contributed by atoms with Gasteiger partial charge in [0.1, 0.15) is 23.9 Å². The number of rotatable bonds is 8. The molecule has 2 N–H and O–H groups in total. The van der Waals surface area contributed by atoms with Crippen LogP contribution in [-0.4, -0.2) is 23.6 Å². The van der Waals surface area contributed by atoms with Gasteiger partial charge in [-0.2, -0.15) is 0 Å². The summed E-state index contributed by atoms with van der Waals surface area (Å²) in [6.07, 6.45) is 0. The summed E-state index contributed by atoms with van der Waals surface area (Å²) in [5.74, 6) is -0.00918. The van der Waals surface area contributed by atoms with E-state index in [1.54, 1.807) is 42.5 Å². The minimum atomic E-state index is -1.13. The Hall–Kier alpha value is -3.74. The Balaban J connectivity index is 1.60. The third-order valence-electron chi connectivity index (χ3n) is 3.81. The van der Waals surface area contributed by atoms with Crippen molar-refractivity contribution >= 4 is 17.6 Å². The van der Waals surface area contributed by atoms with E-state index in [0.717, 1.165) is 0 Å². The maximum atomic E-state index is 12.4. The zero-order valence-electron chi connectivity index (χ0n) is 15.2. The molecule has 7 heteroatoms. The van der Waals surface area contributed by atoms with Gasteiger partial charge in [-0.25, -0.2) is 4.79 Å². The largest absolute Gasteiger partial charge is 0.492 e. The van der Waals surface area contributed by atoms with Crippen molar-refractivity contribution in [1.29, 1.82) is 0 Å². The number of ether oxygens (including phenoxy) is 2. The van der Waals surface area contributed by atoms with Gasteiger partial charge in [0.05, 0.1) is 12.3 Å². The van der Waals surface area contributed by atoms with Gasteiger partial charge in [-0.1, -0.05) is 12.1 Å². The molecule has 3 aromatic rings. The standard InChI is InChI=1S/C21H19NO6/c1-2-26-18-6-4-3-5-17(18)22-20(23)14-7-9-15(10-8-14)27-13-16-11-12-19(28-16)21(24)25/h3-12H,2,13H2,1H3,(H,22,23)(H,24,25). The Bertz CT molecular complexity index is 961. The van der Waals surface area contributed by atoms with E-state index in [9.17, 15) is 9.59 Å². The molecular formula is C21H19NO6. The first-order chi connectivity index (χ1) is 13.6. The predicted molar refractivity (Wildman–Crippen MR) is 102 cm³/mol. The van der Waals surface area contributed by atoms with Crippen molar-refractivity contribution in [3.63, 3.8) is 0 Å². The van der Waals surface area contributed by atoms with Crippen LogP contribution in [0.5, 0.6) is 11.5 Å². The number of carbonyl (C=O) groups is 2. The molecule has 0 aliphatic heterocycles. The molecule has 1 heterocycles. The molecule has 0 aliphatic carbocycles. The van der Waals surface area contributed by atoms with Crippen LogP contribution in [0.4, 0.5) is 5.69 Å². The Morgan fingerprint density at radius 3 is 2.43 bits per heavy atom. The topological polar surface area (TPSA) is 98.0 Å². The van der Waals surface area contributed by atoms with Crippen molar-refractivity contribution in [3.8, 4) is 11.5 Å². The van der Waals surface area contributed by atoms with Gasteiger partial charge >= 0.3 is 5.97 Å². The van der Waals surface area contributed by atoms with Gasteiger partial charge in [0.15, 0.2) is 0 Å². The molecule has 28 heavy (non-hydrogen) atoms. The summed E-state index contributed by atoms with van der Waals surface area (Å²) in [5, 5.41) is 11.7. The molecule has 3 rings (SSSR count). The lowest BCUT2D eigenvalue weighted by Crippen LogP contribution is -2.12. The van der Waals surface area contributed by atoms with Gasteiger partial charge in [0.2, 0.25) is 5.76 Å². The zero-order valence-corrected chi connectivity index (χ0v) is 15.2. The van der Waals surface area contributed by atoms with Gasteiger partial charge in [-0.3, -0.25) is 4.79 Å². The molecule has 2 aromatic carbocycles. The van der Waals surface area contributed by atoms with E-state index in [0.29, 0.717) is 35.1 Å². The number of amides is 1. The Morgan fingerprint density at radius 1 is 1.00 bits per heavy atom. The van der Waals surface area contributed by atoms with E-state index < -0.39 is 5.97 Å². The highest BCUT2D eigenvalue weighted by Crippen LogP contribution is 2.24. The minimum Gasteiger partial charge on any atom is -0.492 e. The lowest BCUT2D eigenvalue weighted by molar-refractivity contribution is 0.0658. The Labute approximate surface area is 161 Å². The van der Waals surface area contributed by atoms with Crippen molar-refractivity contribution in [3.05, 3.63) is 77.7 Å². The fourth-order valence-corrected chi connectivity index (χ4v) is 2.47. The van der Waals surface area contributed by atoms with Crippen LogP contribution in [0, 0.1) is 0 Å². The molecule has 0 bridgehead atoms. The summed E-state index contributed by atoms with van der Waals surface area (Å²) in [6.45, 7) is 2.46. The monoisotopic (exact) mass is 381 g/mol. The van der Waals surface area contributed by atoms with E-state index in [1.807, 2.05) is 19.1 Å². The van der Waals surface area contributed by atoms with E-state index >= 15 is 0 Å². The molecule has 1 aromatic heterocycles. The lowest BCUT2D eigenvalue weighted by atomic mass is 10.2. The van der Waals surface area contributed by atoms with E-state index in [1.165, 1.54) is 6.07 Å². The van der Waals surface area contributed by atoms with Crippen molar-refractivity contribution in [2.45, 2.75) is 13.5 Å². The number of hydrogen-bond acceptors (Lipinski definition) is 5. The van der Waals surface area contributed by atoms with E-state index in [-0.39, 0.29) is 18.3 Å². The molecule has 0 unspecified atom stereocenters. The van der Waals surface area contributed by atoms with Crippen LogP contribution >= 0.6 is 0 Å². The minimum absolute atomic E-state index is 0.0839. The SMILES string of the molecule is CCOc1ccccc1NC(=O)c1ccc(OCc2ccc(C(=O)O)o2)cc1. The Kier molecular flexibility index (Phi) is 5.96.